The number of rotatable bonds is 7. The van der Waals surface area contributed by atoms with Crippen LogP contribution in [0.1, 0.15) is 29.2 Å². The number of carbonyl (C=O) groups excluding carboxylic acids is 2. The molecule has 0 bridgehead atoms. The van der Waals surface area contributed by atoms with Crippen LogP contribution >= 0.6 is 0 Å². The molecule has 41 heavy (non-hydrogen) atoms. The van der Waals surface area contributed by atoms with Gasteiger partial charge in [0.05, 0.1) is 37.4 Å². The summed E-state index contributed by atoms with van der Waals surface area (Å²) in [4.78, 5) is 38.9. The molecular formula is C30H34N8O3. The van der Waals surface area contributed by atoms with Gasteiger partial charge in [0.15, 0.2) is 17.3 Å². The van der Waals surface area contributed by atoms with Gasteiger partial charge in [0, 0.05) is 50.0 Å². The number of morpholine rings is 1. The smallest absolute Gasteiger partial charge is 0.318 e. The zero-order valence-electron chi connectivity index (χ0n) is 23.1. The molecule has 0 radical (unpaired) electrons. The highest BCUT2D eigenvalue weighted by Crippen LogP contribution is 2.32. The minimum Gasteiger partial charge on any atom is -0.378 e. The van der Waals surface area contributed by atoms with Crippen molar-refractivity contribution in [1.82, 2.24) is 30.0 Å². The van der Waals surface area contributed by atoms with Gasteiger partial charge in [0.2, 0.25) is 0 Å². The first-order valence-electron chi connectivity index (χ1n) is 14.1. The molecule has 4 heterocycles. The molecule has 2 N–H and O–H groups in total. The number of hydrogen-bond donors (Lipinski definition) is 2. The predicted molar refractivity (Wildman–Crippen MR) is 157 cm³/mol. The van der Waals surface area contributed by atoms with Crippen LogP contribution in [0.5, 0.6) is 0 Å². The standard InChI is InChI=1S/C30H34N8O3/c1-31-30(40)33-23-9-7-22(8-10-23)27-34-28(37-15-17-41-18-16-37)25-19-32-38(29(25)35-27)24-11-13-36(14-12-24)20-26(39)21-5-3-2-4-6-21/h2-10,19,24H,11-18,20H2,1H3,(H2,31,33,40). The number of aromatic nitrogens is 4. The molecule has 0 aliphatic carbocycles. The highest BCUT2D eigenvalue weighted by atomic mass is 16.5. The third kappa shape index (κ3) is 5.91. The molecule has 2 amide bonds. The zero-order chi connectivity index (χ0) is 28.2. The molecule has 11 nitrogen and oxygen atoms in total. The predicted octanol–water partition coefficient (Wildman–Crippen LogP) is 3.60. The summed E-state index contributed by atoms with van der Waals surface area (Å²) in [5.74, 6) is 1.62. The SMILES string of the molecule is CNC(=O)Nc1ccc(-c2nc(N3CCOCC3)c3cnn(C4CCN(CC(=O)c5ccccc5)CC4)c3n2)cc1. The van der Waals surface area contributed by atoms with E-state index in [2.05, 4.69) is 20.4 Å². The van der Waals surface area contributed by atoms with E-state index in [1.807, 2.05) is 65.5 Å². The maximum atomic E-state index is 12.7. The summed E-state index contributed by atoms with van der Waals surface area (Å²) in [5.41, 5.74) is 3.10. The maximum absolute atomic E-state index is 12.7. The Kier molecular flexibility index (Phi) is 7.88. The molecule has 212 valence electrons. The number of likely N-dealkylation sites (tertiary alicyclic amines) is 1. The molecule has 0 saturated carbocycles. The van der Waals surface area contributed by atoms with Crippen LogP contribution in [-0.2, 0) is 4.74 Å². The Hall–Kier alpha value is -4.35. The van der Waals surface area contributed by atoms with E-state index in [0.29, 0.717) is 31.3 Å². The summed E-state index contributed by atoms with van der Waals surface area (Å²) in [5, 5.41) is 11.1. The monoisotopic (exact) mass is 554 g/mol. The van der Waals surface area contributed by atoms with Crippen molar-refractivity contribution in [3.63, 3.8) is 0 Å². The van der Waals surface area contributed by atoms with Crippen molar-refractivity contribution in [2.75, 3.05) is 63.2 Å². The van der Waals surface area contributed by atoms with E-state index in [9.17, 15) is 9.59 Å². The second kappa shape index (κ2) is 12.0. The molecule has 2 aliphatic heterocycles. The van der Waals surface area contributed by atoms with Crippen LogP contribution in [0.15, 0.2) is 60.8 Å². The summed E-state index contributed by atoms with van der Waals surface area (Å²) < 4.78 is 7.64. The Morgan fingerprint density at radius 1 is 0.951 bits per heavy atom. The van der Waals surface area contributed by atoms with Gasteiger partial charge in [-0.05, 0) is 37.1 Å². The van der Waals surface area contributed by atoms with E-state index in [1.165, 1.54) is 0 Å². The van der Waals surface area contributed by atoms with Crippen LogP contribution in [0.4, 0.5) is 16.3 Å². The van der Waals surface area contributed by atoms with E-state index >= 15 is 0 Å². The molecule has 2 aliphatic rings. The van der Waals surface area contributed by atoms with E-state index in [1.54, 1.807) is 7.05 Å². The van der Waals surface area contributed by atoms with E-state index in [-0.39, 0.29) is 17.9 Å². The van der Waals surface area contributed by atoms with Crippen LogP contribution in [0.2, 0.25) is 0 Å². The molecule has 0 unspecified atom stereocenters. The number of ketones is 1. The summed E-state index contributed by atoms with van der Waals surface area (Å²) in [6, 6.07) is 16.9. The quantitative estimate of drug-likeness (QED) is 0.333. The molecule has 6 rings (SSSR count). The number of nitrogens with zero attached hydrogens (tertiary/aromatic N) is 6. The first-order chi connectivity index (χ1) is 20.1. The van der Waals surface area contributed by atoms with Gasteiger partial charge >= 0.3 is 6.03 Å². The summed E-state index contributed by atoms with van der Waals surface area (Å²) in [6.45, 7) is 4.86. The Bertz CT molecular complexity index is 1510. The first kappa shape index (κ1) is 26.9. The van der Waals surface area contributed by atoms with Crippen molar-refractivity contribution in [2.45, 2.75) is 18.9 Å². The van der Waals surface area contributed by atoms with Gasteiger partial charge < -0.3 is 20.3 Å². The normalized spacial score (nSPS) is 16.6. The minimum absolute atomic E-state index is 0.151. The van der Waals surface area contributed by atoms with Crippen molar-refractivity contribution < 1.29 is 14.3 Å². The van der Waals surface area contributed by atoms with Crippen molar-refractivity contribution in [3.05, 3.63) is 66.4 Å². The third-order valence-electron chi connectivity index (χ3n) is 7.74. The molecular weight excluding hydrogens is 520 g/mol. The van der Waals surface area contributed by atoms with Gasteiger partial charge in [-0.3, -0.25) is 9.69 Å². The van der Waals surface area contributed by atoms with Crippen molar-refractivity contribution >= 4 is 34.4 Å². The van der Waals surface area contributed by atoms with E-state index in [0.717, 1.165) is 67.0 Å². The number of amides is 2. The fourth-order valence-electron chi connectivity index (χ4n) is 5.46. The second-order valence-corrected chi connectivity index (χ2v) is 10.4. The molecule has 2 aromatic heterocycles. The van der Waals surface area contributed by atoms with Crippen molar-refractivity contribution in [2.24, 2.45) is 0 Å². The topological polar surface area (TPSA) is 118 Å². The fourth-order valence-corrected chi connectivity index (χ4v) is 5.46. The number of carbonyl (C=O) groups is 2. The average Bonchev–Trinajstić information content (AvgIpc) is 3.46. The minimum atomic E-state index is -0.274. The van der Waals surface area contributed by atoms with Crippen LogP contribution in [0.3, 0.4) is 0 Å². The number of hydrogen-bond acceptors (Lipinski definition) is 8. The lowest BCUT2D eigenvalue weighted by atomic mass is 10.0. The Morgan fingerprint density at radius 2 is 1.68 bits per heavy atom. The number of piperidine rings is 1. The second-order valence-electron chi connectivity index (χ2n) is 10.4. The third-order valence-corrected chi connectivity index (χ3v) is 7.74. The zero-order valence-corrected chi connectivity index (χ0v) is 23.1. The molecule has 0 spiro atoms. The lowest BCUT2D eigenvalue weighted by Gasteiger charge is -2.32. The average molecular weight is 555 g/mol. The van der Waals surface area contributed by atoms with Gasteiger partial charge in [-0.15, -0.1) is 0 Å². The molecule has 0 atom stereocenters. The van der Waals surface area contributed by atoms with Crippen LogP contribution in [0.25, 0.3) is 22.4 Å². The number of Topliss-reactive ketones (excluding diaryl/α,β-unsaturated/α-hetero) is 1. The highest BCUT2D eigenvalue weighted by molar-refractivity contribution is 5.97. The lowest BCUT2D eigenvalue weighted by Crippen LogP contribution is -2.38. The lowest BCUT2D eigenvalue weighted by molar-refractivity contribution is 0.0896. The summed E-state index contributed by atoms with van der Waals surface area (Å²) in [6.07, 6.45) is 3.64. The van der Waals surface area contributed by atoms with Crippen molar-refractivity contribution in [1.29, 1.82) is 0 Å². The highest BCUT2D eigenvalue weighted by Gasteiger charge is 2.27. The molecule has 11 heteroatoms. The molecule has 2 fully saturated rings. The molecule has 4 aromatic rings. The number of anilines is 2. The van der Waals surface area contributed by atoms with Gasteiger partial charge in [-0.2, -0.15) is 5.10 Å². The van der Waals surface area contributed by atoms with Crippen LogP contribution in [-0.4, -0.2) is 89.4 Å². The Balaban J connectivity index is 1.26. The summed E-state index contributed by atoms with van der Waals surface area (Å²) >= 11 is 0. The number of ether oxygens (including phenoxy) is 1. The maximum Gasteiger partial charge on any atom is 0.318 e. The van der Waals surface area contributed by atoms with Crippen LogP contribution < -0.4 is 15.5 Å². The van der Waals surface area contributed by atoms with E-state index < -0.39 is 0 Å². The van der Waals surface area contributed by atoms with E-state index in [4.69, 9.17) is 19.8 Å². The Labute approximate surface area is 238 Å². The molecule has 2 saturated heterocycles. The van der Waals surface area contributed by atoms with Gasteiger partial charge in [0.1, 0.15) is 5.82 Å². The molecule has 2 aromatic carbocycles. The number of nitrogens with one attached hydrogen (secondary N) is 2. The summed E-state index contributed by atoms with van der Waals surface area (Å²) in [7, 11) is 1.58. The van der Waals surface area contributed by atoms with Gasteiger partial charge in [0.25, 0.3) is 0 Å². The number of urea groups is 1. The van der Waals surface area contributed by atoms with Crippen molar-refractivity contribution in [3.8, 4) is 11.4 Å². The fraction of sp³-hybridized carbons (Fsp3) is 0.367. The largest absolute Gasteiger partial charge is 0.378 e. The van der Waals surface area contributed by atoms with Gasteiger partial charge in [-0.1, -0.05) is 30.3 Å². The van der Waals surface area contributed by atoms with Gasteiger partial charge in [-0.25, -0.2) is 19.4 Å². The number of benzene rings is 2. The number of fused-ring (bicyclic) bond motifs is 1. The Morgan fingerprint density at radius 3 is 2.39 bits per heavy atom. The first-order valence-corrected chi connectivity index (χ1v) is 14.1. The van der Waals surface area contributed by atoms with Crippen LogP contribution in [0, 0.1) is 0 Å².